The van der Waals surface area contributed by atoms with E-state index in [2.05, 4.69) is 15.3 Å². The maximum atomic E-state index is 12.7. The average Bonchev–Trinajstić information content (AvgIpc) is 2.64. The molecule has 0 spiro atoms. The van der Waals surface area contributed by atoms with Crippen molar-refractivity contribution in [3.63, 3.8) is 0 Å². The SMILES string of the molecule is Cc1ccc([C@H](NC(=O)Cn2c(C)cc(C)nc2=O)c2ccncc2)cc1. The summed E-state index contributed by atoms with van der Waals surface area (Å²) in [5.41, 5.74) is 3.96. The van der Waals surface area contributed by atoms with E-state index in [4.69, 9.17) is 0 Å². The van der Waals surface area contributed by atoms with E-state index in [1.807, 2.05) is 43.3 Å². The van der Waals surface area contributed by atoms with E-state index >= 15 is 0 Å². The van der Waals surface area contributed by atoms with Crippen LogP contribution in [0.3, 0.4) is 0 Å². The van der Waals surface area contributed by atoms with E-state index in [9.17, 15) is 9.59 Å². The van der Waals surface area contributed by atoms with Crippen LogP contribution in [0, 0.1) is 20.8 Å². The molecule has 2 heterocycles. The molecule has 0 radical (unpaired) electrons. The maximum Gasteiger partial charge on any atom is 0.348 e. The smallest absolute Gasteiger partial charge is 0.344 e. The first kappa shape index (κ1) is 18.5. The molecule has 0 aliphatic heterocycles. The van der Waals surface area contributed by atoms with Gasteiger partial charge in [0.05, 0.1) is 6.04 Å². The second kappa shape index (κ2) is 7.95. The Morgan fingerprint density at radius 1 is 1.04 bits per heavy atom. The van der Waals surface area contributed by atoms with E-state index in [0.29, 0.717) is 11.4 Å². The van der Waals surface area contributed by atoms with Crippen LogP contribution in [0.2, 0.25) is 0 Å². The van der Waals surface area contributed by atoms with Gasteiger partial charge in [-0.2, -0.15) is 4.98 Å². The van der Waals surface area contributed by atoms with E-state index in [1.165, 1.54) is 4.57 Å². The van der Waals surface area contributed by atoms with Crippen LogP contribution in [0.4, 0.5) is 0 Å². The quantitative estimate of drug-likeness (QED) is 0.756. The van der Waals surface area contributed by atoms with Gasteiger partial charge in [-0.05, 0) is 50.1 Å². The lowest BCUT2D eigenvalue weighted by Gasteiger charge is -2.20. The monoisotopic (exact) mass is 362 g/mol. The lowest BCUT2D eigenvalue weighted by atomic mass is 9.98. The molecule has 0 aliphatic rings. The van der Waals surface area contributed by atoms with Crippen LogP contribution in [-0.4, -0.2) is 20.4 Å². The molecular weight excluding hydrogens is 340 g/mol. The molecule has 1 aromatic carbocycles. The third-order valence-corrected chi connectivity index (χ3v) is 4.40. The first-order valence-electron chi connectivity index (χ1n) is 8.75. The molecule has 6 heteroatoms. The van der Waals surface area contributed by atoms with Crippen molar-refractivity contribution < 1.29 is 4.79 Å². The lowest BCUT2D eigenvalue weighted by Crippen LogP contribution is -2.36. The number of carbonyl (C=O) groups excluding carboxylic acids is 1. The normalized spacial score (nSPS) is 11.8. The van der Waals surface area contributed by atoms with Gasteiger partial charge in [-0.1, -0.05) is 29.8 Å². The molecule has 0 fully saturated rings. The van der Waals surface area contributed by atoms with Gasteiger partial charge in [-0.25, -0.2) is 4.79 Å². The Morgan fingerprint density at radius 3 is 2.30 bits per heavy atom. The van der Waals surface area contributed by atoms with Crippen LogP contribution in [-0.2, 0) is 11.3 Å². The van der Waals surface area contributed by atoms with Gasteiger partial charge in [0.1, 0.15) is 6.54 Å². The van der Waals surface area contributed by atoms with Crippen molar-refractivity contribution >= 4 is 5.91 Å². The number of pyridine rings is 1. The van der Waals surface area contributed by atoms with E-state index in [-0.39, 0.29) is 18.5 Å². The third-order valence-electron chi connectivity index (χ3n) is 4.40. The maximum absolute atomic E-state index is 12.7. The highest BCUT2D eigenvalue weighted by Crippen LogP contribution is 2.22. The number of aryl methyl sites for hydroxylation is 3. The van der Waals surface area contributed by atoms with Gasteiger partial charge in [0, 0.05) is 23.8 Å². The van der Waals surface area contributed by atoms with Crippen molar-refractivity contribution in [2.45, 2.75) is 33.4 Å². The summed E-state index contributed by atoms with van der Waals surface area (Å²) in [4.78, 5) is 32.8. The summed E-state index contributed by atoms with van der Waals surface area (Å²) < 4.78 is 1.38. The highest BCUT2D eigenvalue weighted by Gasteiger charge is 2.18. The summed E-state index contributed by atoms with van der Waals surface area (Å²) in [6, 6.07) is 13.2. The summed E-state index contributed by atoms with van der Waals surface area (Å²) in [6.45, 7) is 5.49. The molecule has 138 valence electrons. The topological polar surface area (TPSA) is 76.9 Å². The van der Waals surface area contributed by atoms with E-state index < -0.39 is 5.69 Å². The summed E-state index contributed by atoms with van der Waals surface area (Å²) in [5.74, 6) is -0.256. The number of carbonyl (C=O) groups is 1. The van der Waals surface area contributed by atoms with Crippen LogP contribution < -0.4 is 11.0 Å². The van der Waals surface area contributed by atoms with Crippen LogP contribution in [0.15, 0.2) is 59.7 Å². The molecule has 0 aliphatic carbocycles. The minimum absolute atomic E-state index is 0.0780. The number of amides is 1. The number of aromatic nitrogens is 3. The van der Waals surface area contributed by atoms with Crippen LogP contribution in [0.5, 0.6) is 0 Å². The fourth-order valence-electron chi connectivity index (χ4n) is 2.99. The van der Waals surface area contributed by atoms with E-state index in [1.54, 1.807) is 32.3 Å². The molecule has 2 aromatic heterocycles. The summed E-state index contributed by atoms with van der Waals surface area (Å²) in [7, 11) is 0. The molecule has 0 saturated heterocycles. The molecule has 3 rings (SSSR count). The Bertz CT molecular complexity index is 995. The van der Waals surface area contributed by atoms with Crippen LogP contribution in [0.25, 0.3) is 0 Å². The number of nitrogens with one attached hydrogen (secondary N) is 1. The summed E-state index contributed by atoms with van der Waals surface area (Å²) in [6.07, 6.45) is 3.39. The van der Waals surface area contributed by atoms with Gasteiger partial charge in [0.25, 0.3) is 0 Å². The Kier molecular flexibility index (Phi) is 5.45. The van der Waals surface area contributed by atoms with Gasteiger partial charge >= 0.3 is 5.69 Å². The number of benzene rings is 1. The molecule has 1 N–H and O–H groups in total. The minimum atomic E-state index is -0.418. The van der Waals surface area contributed by atoms with Gasteiger partial charge in [-0.3, -0.25) is 14.3 Å². The Balaban J connectivity index is 1.87. The molecule has 6 nitrogen and oxygen atoms in total. The second-order valence-corrected chi connectivity index (χ2v) is 6.60. The lowest BCUT2D eigenvalue weighted by molar-refractivity contribution is -0.122. The molecule has 0 saturated carbocycles. The Labute approximate surface area is 157 Å². The highest BCUT2D eigenvalue weighted by molar-refractivity contribution is 5.77. The standard InChI is InChI=1S/C21H22N4O2/c1-14-4-6-17(7-5-14)20(18-8-10-22-11-9-18)24-19(26)13-25-16(3)12-15(2)23-21(25)27/h4-12,20H,13H2,1-3H3,(H,24,26)/t20-/m0/s1. The first-order valence-corrected chi connectivity index (χ1v) is 8.75. The Morgan fingerprint density at radius 2 is 1.67 bits per heavy atom. The molecule has 0 bridgehead atoms. The Hall–Kier alpha value is -3.28. The van der Waals surface area contributed by atoms with Crippen molar-refractivity contribution in [3.05, 3.63) is 93.4 Å². The number of rotatable bonds is 5. The first-order chi connectivity index (χ1) is 12.9. The zero-order chi connectivity index (χ0) is 19.4. The zero-order valence-corrected chi connectivity index (χ0v) is 15.6. The van der Waals surface area contributed by atoms with Gasteiger partial charge in [0.15, 0.2) is 0 Å². The van der Waals surface area contributed by atoms with Gasteiger partial charge in [0.2, 0.25) is 5.91 Å². The number of hydrogen-bond acceptors (Lipinski definition) is 4. The van der Waals surface area contributed by atoms with Crippen LogP contribution >= 0.6 is 0 Å². The largest absolute Gasteiger partial charge is 0.348 e. The average molecular weight is 362 g/mol. The number of nitrogens with zero attached hydrogens (tertiary/aromatic N) is 3. The third kappa shape index (κ3) is 4.47. The van der Waals surface area contributed by atoms with Crippen molar-refractivity contribution in [2.24, 2.45) is 0 Å². The fourth-order valence-corrected chi connectivity index (χ4v) is 2.99. The second-order valence-electron chi connectivity index (χ2n) is 6.60. The highest BCUT2D eigenvalue weighted by atomic mass is 16.2. The van der Waals surface area contributed by atoms with Crippen molar-refractivity contribution in [3.8, 4) is 0 Å². The molecule has 3 aromatic rings. The summed E-state index contributed by atoms with van der Waals surface area (Å²) in [5, 5.41) is 3.03. The predicted octanol–water partition coefficient (Wildman–Crippen LogP) is 2.47. The fraction of sp³-hybridized carbons (Fsp3) is 0.238. The van der Waals surface area contributed by atoms with E-state index in [0.717, 1.165) is 16.7 Å². The number of hydrogen-bond donors (Lipinski definition) is 1. The summed E-state index contributed by atoms with van der Waals surface area (Å²) >= 11 is 0. The predicted molar refractivity (Wildman–Crippen MR) is 103 cm³/mol. The zero-order valence-electron chi connectivity index (χ0n) is 15.6. The van der Waals surface area contributed by atoms with Crippen molar-refractivity contribution in [1.29, 1.82) is 0 Å². The minimum Gasteiger partial charge on any atom is -0.344 e. The molecule has 1 atom stereocenters. The van der Waals surface area contributed by atoms with Crippen molar-refractivity contribution in [2.75, 3.05) is 0 Å². The van der Waals surface area contributed by atoms with Crippen molar-refractivity contribution in [1.82, 2.24) is 19.9 Å². The molecule has 0 unspecified atom stereocenters. The molecular formula is C21H22N4O2. The molecule has 27 heavy (non-hydrogen) atoms. The van der Waals surface area contributed by atoms with Gasteiger partial charge in [-0.15, -0.1) is 0 Å². The molecule has 1 amide bonds. The van der Waals surface area contributed by atoms with Crippen LogP contribution in [0.1, 0.15) is 34.1 Å². The van der Waals surface area contributed by atoms with Gasteiger partial charge < -0.3 is 5.32 Å².